The molecule has 0 aliphatic rings. The molecular weight excluding hydrogens is 671 g/mol. The quantitative estimate of drug-likeness (QED) is 0.184. The molecule has 0 N–H and O–H groups in total. The van der Waals surface area contributed by atoms with Gasteiger partial charge in [-0.1, -0.05) is 127 Å². The fourth-order valence-corrected chi connectivity index (χ4v) is 10.0. The molecule has 5 heteroatoms. The molecule has 3 heterocycles. The number of benzene rings is 8. The highest BCUT2D eigenvalue weighted by Crippen LogP contribution is 2.42. The molecule has 8 aromatic carbocycles. The highest BCUT2D eigenvalue weighted by molar-refractivity contribution is 7.26. The molecule has 11 aromatic rings. The van der Waals surface area contributed by atoms with E-state index in [1.54, 1.807) is 0 Å². The Balaban J connectivity index is 1.17. The second-order valence-electron chi connectivity index (χ2n) is 13.1. The van der Waals surface area contributed by atoms with Crippen LogP contribution in [0.5, 0.6) is 0 Å². The molecule has 0 radical (unpaired) electrons. The molecule has 3 aromatic heterocycles. The molecule has 0 spiro atoms. The molecule has 3 nitrogen and oxygen atoms in total. The van der Waals surface area contributed by atoms with Crippen molar-refractivity contribution in [3.05, 3.63) is 164 Å². The minimum Gasteiger partial charge on any atom is -0.208 e. The number of hydrogen-bond donors (Lipinski definition) is 0. The second-order valence-corrected chi connectivity index (χ2v) is 15.3. The molecule has 0 bridgehead atoms. The summed E-state index contributed by atoms with van der Waals surface area (Å²) in [6.45, 7) is 0. The standard InChI is InChI=1S/C47H27N3S2/c1-2-11-28(12-3-1)30-22-25-39(32-14-5-4-13-31(30)32)47-49-45(29-21-26-43-40(27-29)35-16-7-8-19-41(35)51-43)48-46(50-47)38-18-10-17-36-33(38)23-24-37-34-15-6-9-20-42(34)52-44(36)37/h1-27H. The van der Waals surface area contributed by atoms with Gasteiger partial charge in [-0.15, -0.1) is 22.7 Å². The smallest absolute Gasteiger partial charge is 0.164 e. The lowest BCUT2D eigenvalue weighted by Crippen LogP contribution is -2.01. The van der Waals surface area contributed by atoms with E-state index in [9.17, 15) is 0 Å². The summed E-state index contributed by atoms with van der Waals surface area (Å²) in [5, 5.41) is 9.66. The van der Waals surface area contributed by atoms with Gasteiger partial charge in [0, 0.05) is 62.4 Å². The van der Waals surface area contributed by atoms with E-state index >= 15 is 0 Å². The van der Waals surface area contributed by atoms with Crippen LogP contribution in [-0.2, 0) is 0 Å². The zero-order chi connectivity index (χ0) is 34.2. The SMILES string of the molecule is c1ccc(-c2ccc(-c3nc(-c4ccc5sc6ccccc6c5c4)nc(-c4cccc5c4ccc4c6ccccc6sc54)n3)c3ccccc23)cc1. The number of thiophene rings is 2. The van der Waals surface area contributed by atoms with Gasteiger partial charge < -0.3 is 0 Å². The Kier molecular flexibility index (Phi) is 6.59. The highest BCUT2D eigenvalue weighted by Gasteiger charge is 2.19. The topological polar surface area (TPSA) is 38.7 Å². The molecule has 0 atom stereocenters. The Bertz CT molecular complexity index is 3190. The van der Waals surface area contributed by atoms with Crippen molar-refractivity contribution < 1.29 is 0 Å². The van der Waals surface area contributed by atoms with Crippen LogP contribution >= 0.6 is 22.7 Å². The summed E-state index contributed by atoms with van der Waals surface area (Å²) < 4.78 is 5.11. The molecule has 11 rings (SSSR count). The Morgan fingerprint density at radius 3 is 1.60 bits per heavy atom. The second kappa shape index (κ2) is 11.6. The minimum absolute atomic E-state index is 0.658. The predicted molar refractivity (Wildman–Crippen MR) is 222 cm³/mol. The average molecular weight is 698 g/mol. The Morgan fingerprint density at radius 2 is 0.808 bits per heavy atom. The lowest BCUT2D eigenvalue weighted by Gasteiger charge is -2.14. The molecular formula is C47H27N3S2. The molecule has 0 saturated carbocycles. The van der Waals surface area contributed by atoms with Crippen LogP contribution in [0.1, 0.15) is 0 Å². The summed E-state index contributed by atoms with van der Waals surface area (Å²) in [7, 11) is 0. The fraction of sp³-hybridized carbons (Fsp3) is 0. The summed E-state index contributed by atoms with van der Waals surface area (Å²) in [5.74, 6) is 1.98. The van der Waals surface area contributed by atoms with Gasteiger partial charge >= 0.3 is 0 Å². The maximum Gasteiger partial charge on any atom is 0.164 e. The van der Waals surface area contributed by atoms with Gasteiger partial charge in [-0.2, -0.15) is 0 Å². The fourth-order valence-electron chi connectivity index (χ4n) is 7.71. The van der Waals surface area contributed by atoms with Crippen molar-refractivity contribution in [2.45, 2.75) is 0 Å². The van der Waals surface area contributed by atoms with Crippen LogP contribution in [0.15, 0.2) is 164 Å². The zero-order valence-corrected chi connectivity index (χ0v) is 29.4. The first-order valence-electron chi connectivity index (χ1n) is 17.4. The first-order valence-corrected chi connectivity index (χ1v) is 19.0. The van der Waals surface area contributed by atoms with Crippen LogP contribution in [0.4, 0.5) is 0 Å². The number of aromatic nitrogens is 3. The molecule has 0 saturated heterocycles. The van der Waals surface area contributed by atoms with E-state index in [1.165, 1.54) is 56.9 Å². The summed E-state index contributed by atoms with van der Waals surface area (Å²) in [5.41, 5.74) is 5.31. The van der Waals surface area contributed by atoms with Crippen LogP contribution in [0.25, 0.3) is 107 Å². The zero-order valence-electron chi connectivity index (χ0n) is 27.7. The van der Waals surface area contributed by atoms with E-state index in [0.29, 0.717) is 17.5 Å². The number of hydrogen-bond acceptors (Lipinski definition) is 5. The van der Waals surface area contributed by atoms with Gasteiger partial charge in [0.05, 0.1) is 0 Å². The largest absolute Gasteiger partial charge is 0.208 e. The monoisotopic (exact) mass is 697 g/mol. The van der Waals surface area contributed by atoms with Gasteiger partial charge in [0.15, 0.2) is 17.5 Å². The minimum atomic E-state index is 0.658. The van der Waals surface area contributed by atoms with Crippen molar-refractivity contribution in [1.82, 2.24) is 15.0 Å². The Hall–Kier alpha value is -6.27. The third-order valence-electron chi connectivity index (χ3n) is 10.2. The number of rotatable bonds is 4. The molecule has 0 unspecified atom stereocenters. The average Bonchev–Trinajstić information content (AvgIpc) is 3.79. The van der Waals surface area contributed by atoms with Crippen LogP contribution in [0, 0.1) is 0 Å². The third-order valence-corrected chi connectivity index (χ3v) is 12.5. The number of nitrogens with zero attached hydrogens (tertiary/aromatic N) is 3. The molecule has 242 valence electrons. The van der Waals surface area contributed by atoms with E-state index in [4.69, 9.17) is 15.0 Å². The molecule has 0 amide bonds. The van der Waals surface area contributed by atoms with E-state index in [2.05, 4.69) is 164 Å². The van der Waals surface area contributed by atoms with E-state index < -0.39 is 0 Å². The van der Waals surface area contributed by atoms with Crippen LogP contribution in [-0.4, -0.2) is 15.0 Å². The number of fused-ring (bicyclic) bond motifs is 9. The summed E-state index contributed by atoms with van der Waals surface area (Å²) in [6.07, 6.45) is 0. The van der Waals surface area contributed by atoms with Crippen molar-refractivity contribution in [2.24, 2.45) is 0 Å². The normalized spacial score (nSPS) is 11.8. The van der Waals surface area contributed by atoms with E-state index in [-0.39, 0.29) is 0 Å². The van der Waals surface area contributed by atoms with E-state index in [0.717, 1.165) is 32.8 Å². The summed E-state index contributed by atoms with van der Waals surface area (Å²) >= 11 is 3.66. The Morgan fingerprint density at radius 1 is 0.288 bits per heavy atom. The van der Waals surface area contributed by atoms with Crippen molar-refractivity contribution in [2.75, 3.05) is 0 Å². The summed E-state index contributed by atoms with van der Waals surface area (Å²) in [4.78, 5) is 15.8. The van der Waals surface area contributed by atoms with Crippen LogP contribution in [0.2, 0.25) is 0 Å². The third kappa shape index (κ3) is 4.60. The first kappa shape index (κ1) is 29.5. The van der Waals surface area contributed by atoms with Crippen molar-refractivity contribution in [1.29, 1.82) is 0 Å². The molecule has 0 aliphatic heterocycles. The highest BCUT2D eigenvalue weighted by atomic mass is 32.1. The molecule has 0 aliphatic carbocycles. The maximum atomic E-state index is 5.31. The van der Waals surface area contributed by atoms with Gasteiger partial charge in [-0.25, -0.2) is 15.0 Å². The van der Waals surface area contributed by atoms with Gasteiger partial charge in [0.1, 0.15) is 0 Å². The van der Waals surface area contributed by atoms with Gasteiger partial charge in [0.2, 0.25) is 0 Å². The Labute approximate surface area is 307 Å². The van der Waals surface area contributed by atoms with Gasteiger partial charge in [-0.3, -0.25) is 0 Å². The first-order chi connectivity index (χ1) is 25.8. The van der Waals surface area contributed by atoms with Gasteiger partial charge in [0.25, 0.3) is 0 Å². The lowest BCUT2D eigenvalue weighted by atomic mass is 9.94. The van der Waals surface area contributed by atoms with Gasteiger partial charge in [-0.05, 0) is 63.7 Å². The van der Waals surface area contributed by atoms with Crippen molar-refractivity contribution in [3.8, 4) is 45.3 Å². The molecule has 0 fully saturated rings. The van der Waals surface area contributed by atoms with Crippen LogP contribution in [0.3, 0.4) is 0 Å². The van der Waals surface area contributed by atoms with Crippen LogP contribution < -0.4 is 0 Å². The summed E-state index contributed by atoms with van der Waals surface area (Å²) in [6, 6.07) is 58.4. The van der Waals surface area contributed by atoms with Crippen molar-refractivity contribution in [3.63, 3.8) is 0 Å². The molecule has 52 heavy (non-hydrogen) atoms. The van der Waals surface area contributed by atoms with Crippen molar-refractivity contribution >= 4 is 84.6 Å². The lowest BCUT2D eigenvalue weighted by molar-refractivity contribution is 1.08. The van der Waals surface area contributed by atoms with E-state index in [1.807, 2.05) is 22.7 Å². The maximum absolute atomic E-state index is 5.31. The predicted octanol–water partition coefficient (Wildman–Crippen LogP) is 13.6.